The molecule has 2 N–H and O–H groups in total. The van der Waals surface area contributed by atoms with Gasteiger partial charge in [0.25, 0.3) is 0 Å². The molecule has 3 nitrogen and oxygen atoms in total. The average Bonchev–Trinajstić information content (AvgIpc) is 2.30. The number of ether oxygens (including phenoxy) is 1. The summed E-state index contributed by atoms with van der Waals surface area (Å²) < 4.78 is 19.5. The Morgan fingerprint density at radius 3 is 2.71 bits per heavy atom. The molecule has 0 atom stereocenters. The monoisotopic (exact) mass is 303 g/mol. The quantitative estimate of drug-likeness (QED) is 0.883. The van der Waals surface area contributed by atoms with Gasteiger partial charge >= 0.3 is 0 Å². The highest BCUT2D eigenvalue weighted by Crippen LogP contribution is 2.43. The molecule has 17 heavy (non-hydrogen) atoms. The van der Waals surface area contributed by atoms with Crippen LogP contribution >= 0.6 is 15.9 Å². The summed E-state index contributed by atoms with van der Waals surface area (Å²) in [5.74, 6) is -0.0912. The molecule has 0 saturated carbocycles. The van der Waals surface area contributed by atoms with Crippen LogP contribution in [-0.4, -0.2) is 25.3 Å². The highest BCUT2D eigenvalue weighted by Gasteiger charge is 2.25. The lowest BCUT2D eigenvalue weighted by atomic mass is 9.89. The molecule has 0 unspecified atom stereocenters. The van der Waals surface area contributed by atoms with E-state index in [9.17, 15) is 9.50 Å². The molecule has 1 fully saturated rings. The molecule has 0 bridgehead atoms. The van der Waals surface area contributed by atoms with E-state index in [0.717, 1.165) is 25.9 Å². The first-order valence-corrected chi connectivity index (χ1v) is 6.40. The molecule has 0 amide bonds. The number of benzene rings is 1. The lowest BCUT2D eigenvalue weighted by molar-refractivity contribution is 0.354. The number of hydrogen-bond acceptors (Lipinski definition) is 3. The Labute approximate surface area is 108 Å². The molecule has 0 aliphatic carbocycles. The molecule has 0 radical (unpaired) electrons. The van der Waals surface area contributed by atoms with Crippen LogP contribution in [-0.2, 0) is 0 Å². The highest BCUT2D eigenvalue weighted by atomic mass is 79.9. The number of hydrogen-bond donors (Lipinski definition) is 2. The van der Waals surface area contributed by atoms with Gasteiger partial charge in [-0.1, -0.05) is 0 Å². The zero-order chi connectivity index (χ0) is 12.4. The highest BCUT2D eigenvalue weighted by molar-refractivity contribution is 9.10. The second-order valence-corrected chi connectivity index (χ2v) is 5.01. The zero-order valence-corrected chi connectivity index (χ0v) is 11.2. The summed E-state index contributed by atoms with van der Waals surface area (Å²) in [6.07, 6.45) is 1.66. The summed E-state index contributed by atoms with van der Waals surface area (Å²) in [5.41, 5.74) is 0.381. The van der Waals surface area contributed by atoms with E-state index in [1.54, 1.807) is 0 Å². The fourth-order valence-electron chi connectivity index (χ4n) is 2.30. The van der Waals surface area contributed by atoms with Crippen LogP contribution in [0.4, 0.5) is 4.39 Å². The summed E-state index contributed by atoms with van der Waals surface area (Å²) in [4.78, 5) is 0. The number of halogens is 2. The van der Waals surface area contributed by atoms with Gasteiger partial charge in [0.15, 0.2) is 11.5 Å². The molecule has 94 valence electrons. The smallest absolute Gasteiger partial charge is 0.175 e. The molecule has 1 aromatic rings. The third-order valence-corrected chi connectivity index (χ3v) is 3.74. The first kappa shape index (κ1) is 12.6. The Hall–Kier alpha value is -0.810. The summed E-state index contributed by atoms with van der Waals surface area (Å²) in [6.45, 7) is 1.70. The van der Waals surface area contributed by atoms with Crippen LogP contribution in [0.25, 0.3) is 0 Å². The Kier molecular flexibility index (Phi) is 3.89. The number of rotatable bonds is 2. The van der Waals surface area contributed by atoms with Gasteiger partial charge in [0.1, 0.15) is 5.82 Å². The maximum absolute atomic E-state index is 13.9. The van der Waals surface area contributed by atoms with Crippen LogP contribution in [0.5, 0.6) is 11.5 Å². The molecule has 1 heterocycles. The number of piperidine rings is 1. The molecule has 0 aromatic heterocycles. The Bertz CT molecular complexity index is 419. The van der Waals surface area contributed by atoms with Crippen LogP contribution in [0.2, 0.25) is 0 Å². The Morgan fingerprint density at radius 2 is 2.12 bits per heavy atom. The van der Waals surface area contributed by atoms with E-state index < -0.39 is 0 Å². The maximum Gasteiger partial charge on any atom is 0.175 e. The van der Waals surface area contributed by atoms with Crippen LogP contribution in [0.1, 0.15) is 24.3 Å². The normalized spacial score (nSPS) is 17.1. The molecular weight excluding hydrogens is 289 g/mol. The van der Waals surface area contributed by atoms with Crippen molar-refractivity contribution in [2.75, 3.05) is 20.2 Å². The number of nitrogens with one attached hydrogen (secondary N) is 1. The predicted molar refractivity (Wildman–Crippen MR) is 67.2 cm³/mol. The molecule has 1 aromatic carbocycles. The average molecular weight is 304 g/mol. The maximum atomic E-state index is 13.9. The number of aromatic hydroxyl groups is 1. The van der Waals surface area contributed by atoms with E-state index in [0.29, 0.717) is 15.8 Å². The van der Waals surface area contributed by atoms with Crippen molar-refractivity contribution in [3.05, 3.63) is 21.9 Å². The molecule has 1 saturated heterocycles. The number of phenolic OH excluding ortho intramolecular Hbond substituents is 1. The van der Waals surface area contributed by atoms with Crippen molar-refractivity contribution in [1.29, 1.82) is 0 Å². The molecular formula is C12H15BrFNO2. The van der Waals surface area contributed by atoms with E-state index in [4.69, 9.17) is 4.74 Å². The summed E-state index contributed by atoms with van der Waals surface area (Å²) in [7, 11) is 1.46. The standard InChI is InChI=1S/C12H15BrFNO2/c1-17-12-8(13)6-9(14)10(11(12)16)7-2-4-15-5-3-7/h6-7,15-16H,2-5H2,1H3. The van der Waals surface area contributed by atoms with Gasteiger partial charge in [-0.2, -0.15) is 0 Å². The van der Waals surface area contributed by atoms with Gasteiger partial charge in [0.05, 0.1) is 11.6 Å². The third-order valence-electron chi connectivity index (χ3n) is 3.15. The van der Waals surface area contributed by atoms with Crippen molar-refractivity contribution >= 4 is 15.9 Å². The molecule has 0 spiro atoms. The van der Waals surface area contributed by atoms with Crippen molar-refractivity contribution in [2.45, 2.75) is 18.8 Å². The van der Waals surface area contributed by atoms with E-state index in [1.807, 2.05) is 0 Å². The topological polar surface area (TPSA) is 41.5 Å². The lowest BCUT2D eigenvalue weighted by Crippen LogP contribution is -2.27. The van der Waals surface area contributed by atoms with Crippen LogP contribution in [0.15, 0.2) is 10.5 Å². The van der Waals surface area contributed by atoms with Crippen LogP contribution in [0.3, 0.4) is 0 Å². The van der Waals surface area contributed by atoms with Crippen LogP contribution < -0.4 is 10.1 Å². The molecule has 1 aliphatic heterocycles. The fraction of sp³-hybridized carbons (Fsp3) is 0.500. The van der Waals surface area contributed by atoms with Gasteiger partial charge in [-0.25, -0.2) is 4.39 Å². The first-order valence-electron chi connectivity index (χ1n) is 5.60. The van der Waals surface area contributed by atoms with Gasteiger partial charge in [-0.15, -0.1) is 0 Å². The SMILES string of the molecule is COc1c(Br)cc(F)c(C2CCNCC2)c1O. The Morgan fingerprint density at radius 1 is 1.47 bits per heavy atom. The fourth-order valence-corrected chi connectivity index (χ4v) is 2.85. The van der Waals surface area contributed by atoms with Gasteiger partial charge < -0.3 is 15.2 Å². The van der Waals surface area contributed by atoms with Crippen molar-refractivity contribution < 1.29 is 14.2 Å². The second-order valence-electron chi connectivity index (χ2n) is 4.16. The summed E-state index contributed by atoms with van der Waals surface area (Å²) in [6, 6.07) is 1.36. The minimum Gasteiger partial charge on any atom is -0.504 e. The number of phenols is 1. The molecule has 2 rings (SSSR count). The summed E-state index contributed by atoms with van der Waals surface area (Å²) in [5, 5.41) is 13.3. The van der Waals surface area contributed by atoms with Gasteiger partial charge in [0, 0.05) is 5.56 Å². The van der Waals surface area contributed by atoms with Gasteiger partial charge in [-0.3, -0.25) is 0 Å². The molecule has 5 heteroatoms. The van der Waals surface area contributed by atoms with Crippen molar-refractivity contribution in [1.82, 2.24) is 5.32 Å². The van der Waals surface area contributed by atoms with E-state index in [2.05, 4.69) is 21.2 Å². The van der Waals surface area contributed by atoms with Crippen molar-refractivity contribution in [2.24, 2.45) is 0 Å². The first-order chi connectivity index (χ1) is 8.15. The number of methoxy groups -OCH3 is 1. The van der Waals surface area contributed by atoms with Crippen LogP contribution in [0, 0.1) is 5.82 Å². The zero-order valence-electron chi connectivity index (χ0n) is 9.59. The lowest BCUT2D eigenvalue weighted by Gasteiger charge is -2.25. The largest absolute Gasteiger partial charge is 0.504 e. The third kappa shape index (κ3) is 2.40. The predicted octanol–water partition coefficient (Wildman–Crippen LogP) is 2.77. The van der Waals surface area contributed by atoms with E-state index >= 15 is 0 Å². The van der Waals surface area contributed by atoms with Gasteiger partial charge in [-0.05, 0) is 53.8 Å². The minimum absolute atomic E-state index is 0.0539. The summed E-state index contributed by atoms with van der Waals surface area (Å²) >= 11 is 3.18. The van der Waals surface area contributed by atoms with Crippen molar-refractivity contribution in [3.8, 4) is 11.5 Å². The van der Waals surface area contributed by atoms with Crippen molar-refractivity contribution in [3.63, 3.8) is 0 Å². The molecule has 1 aliphatic rings. The van der Waals surface area contributed by atoms with E-state index in [-0.39, 0.29) is 17.5 Å². The second kappa shape index (κ2) is 5.23. The minimum atomic E-state index is -0.373. The van der Waals surface area contributed by atoms with Gasteiger partial charge in [0.2, 0.25) is 0 Å². The van der Waals surface area contributed by atoms with E-state index in [1.165, 1.54) is 13.2 Å². The Balaban J connectivity index is 2.44.